The highest BCUT2D eigenvalue weighted by Gasteiger charge is 2.27. The number of non-ortho nitro benzene ring substituents is 1. The van der Waals surface area contributed by atoms with Gasteiger partial charge in [-0.25, -0.2) is 5.43 Å². The minimum atomic E-state index is -0.929. The van der Waals surface area contributed by atoms with Gasteiger partial charge in [-0.2, -0.15) is 5.10 Å². The summed E-state index contributed by atoms with van der Waals surface area (Å²) in [6, 6.07) is 13.6. The van der Waals surface area contributed by atoms with Crippen LogP contribution >= 0.6 is 15.9 Å². The van der Waals surface area contributed by atoms with E-state index in [9.17, 15) is 20.0 Å². The number of rotatable bonds is 4. The highest BCUT2D eigenvalue weighted by Crippen LogP contribution is 2.36. The lowest BCUT2D eigenvalue weighted by molar-refractivity contribution is -0.385. The van der Waals surface area contributed by atoms with Gasteiger partial charge in [-0.05, 0) is 38.8 Å². The van der Waals surface area contributed by atoms with E-state index in [0.29, 0.717) is 11.5 Å². The SMILES string of the molecule is O=C(NN=Cc1cc([N+](=O)[O-])cc(Br)c1O)[C@@H]1COc2cc3ccccc3cc2O1. The van der Waals surface area contributed by atoms with E-state index in [1.165, 1.54) is 6.07 Å². The highest BCUT2D eigenvalue weighted by molar-refractivity contribution is 9.10. The third kappa shape index (κ3) is 3.90. The molecule has 152 valence electrons. The van der Waals surface area contributed by atoms with E-state index in [1.807, 2.05) is 30.3 Å². The molecule has 1 atom stereocenters. The van der Waals surface area contributed by atoms with Gasteiger partial charge in [-0.3, -0.25) is 14.9 Å². The topological polar surface area (TPSA) is 123 Å². The van der Waals surface area contributed by atoms with Crippen molar-refractivity contribution in [2.45, 2.75) is 6.10 Å². The zero-order valence-corrected chi connectivity index (χ0v) is 16.8. The smallest absolute Gasteiger partial charge is 0.284 e. The van der Waals surface area contributed by atoms with Crippen LogP contribution in [0, 0.1) is 10.1 Å². The van der Waals surface area contributed by atoms with Crippen molar-refractivity contribution in [3.8, 4) is 17.2 Å². The number of phenols is 1. The number of halogens is 1. The van der Waals surface area contributed by atoms with Crippen LogP contribution in [0.3, 0.4) is 0 Å². The van der Waals surface area contributed by atoms with Crippen molar-refractivity contribution < 1.29 is 24.3 Å². The first-order valence-electron chi connectivity index (χ1n) is 8.74. The summed E-state index contributed by atoms with van der Waals surface area (Å²) in [5.74, 6) is 0.197. The number of nitro benzene ring substituents is 1. The Balaban J connectivity index is 1.46. The second-order valence-electron chi connectivity index (χ2n) is 6.42. The van der Waals surface area contributed by atoms with E-state index in [0.717, 1.165) is 23.1 Å². The van der Waals surface area contributed by atoms with Crippen LogP contribution in [0.4, 0.5) is 5.69 Å². The fourth-order valence-corrected chi connectivity index (χ4v) is 3.40. The molecule has 0 fully saturated rings. The molecular formula is C20H14BrN3O6. The average molecular weight is 472 g/mol. The highest BCUT2D eigenvalue weighted by atomic mass is 79.9. The molecule has 30 heavy (non-hydrogen) atoms. The van der Waals surface area contributed by atoms with E-state index in [-0.39, 0.29) is 28.1 Å². The number of carbonyl (C=O) groups is 1. The minimum absolute atomic E-state index is 0.000298. The number of carbonyl (C=O) groups excluding carboxylic acids is 1. The van der Waals surface area contributed by atoms with Crippen LogP contribution in [-0.4, -0.2) is 34.9 Å². The number of nitrogens with one attached hydrogen (secondary N) is 1. The molecule has 10 heteroatoms. The molecule has 0 saturated carbocycles. The van der Waals surface area contributed by atoms with Crippen molar-refractivity contribution >= 4 is 44.5 Å². The third-order valence-corrected chi connectivity index (χ3v) is 5.04. The molecule has 2 N–H and O–H groups in total. The number of nitrogens with zero attached hydrogens (tertiary/aromatic N) is 2. The number of amides is 1. The van der Waals surface area contributed by atoms with Crippen LogP contribution in [0.15, 0.2) is 58.1 Å². The number of fused-ring (bicyclic) bond motifs is 2. The van der Waals surface area contributed by atoms with Gasteiger partial charge in [0.1, 0.15) is 12.4 Å². The molecule has 0 radical (unpaired) electrons. The first-order chi connectivity index (χ1) is 14.4. The van der Waals surface area contributed by atoms with Crippen molar-refractivity contribution in [1.29, 1.82) is 0 Å². The van der Waals surface area contributed by atoms with Gasteiger partial charge in [0.15, 0.2) is 11.5 Å². The predicted octanol–water partition coefficient (Wildman–Crippen LogP) is 3.51. The number of phenolic OH excluding ortho intramolecular Hbond substituents is 1. The molecule has 4 rings (SSSR count). The molecule has 3 aromatic carbocycles. The summed E-state index contributed by atoms with van der Waals surface area (Å²) < 4.78 is 11.5. The Morgan fingerprint density at radius 2 is 1.93 bits per heavy atom. The lowest BCUT2D eigenvalue weighted by atomic mass is 10.1. The summed E-state index contributed by atoms with van der Waals surface area (Å²) in [7, 11) is 0. The van der Waals surface area contributed by atoms with Gasteiger partial charge in [-0.15, -0.1) is 0 Å². The Bertz CT molecular complexity index is 1200. The summed E-state index contributed by atoms with van der Waals surface area (Å²) in [5, 5.41) is 26.6. The first-order valence-corrected chi connectivity index (χ1v) is 9.54. The molecule has 1 aliphatic heterocycles. The van der Waals surface area contributed by atoms with Crippen LogP contribution < -0.4 is 14.9 Å². The molecule has 1 heterocycles. The Labute approximate surface area is 178 Å². The number of benzene rings is 3. The third-order valence-electron chi connectivity index (χ3n) is 4.43. The molecule has 9 nitrogen and oxygen atoms in total. The maximum absolute atomic E-state index is 12.4. The summed E-state index contributed by atoms with van der Waals surface area (Å²) in [6.45, 7) is 0.000298. The normalized spacial score (nSPS) is 15.3. The summed E-state index contributed by atoms with van der Waals surface area (Å²) in [6.07, 6.45) is 0.178. The molecule has 0 aliphatic carbocycles. The maximum Gasteiger partial charge on any atom is 0.284 e. The lowest BCUT2D eigenvalue weighted by Gasteiger charge is -2.25. The summed E-state index contributed by atoms with van der Waals surface area (Å²) >= 11 is 3.04. The summed E-state index contributed by atoms with van der Waals surface area (Å²) in [4.78, 5) is 22.7. The Morgan fingerprint density at radius 1 is 1.23 bits per heavy atom. The largest absolute Gasteiger partial charge is 0.506 e. The van der Waals surface area contributed by atoms with Gasteiger partial charge < -0.3 is 14.6 Å². The van der Waals surface area contributed by atoms with Gasteiger partial charge in [0.2, 0.25) is 6.10 Å². The van der Waals surface area contributed by atoms with Crippen molar-refractivity contribution in [2.75, 3.05) is 6.61 Å². The zero-order chi connectivity index (χ0) is 21.3. The van der Waals surface area contributed by atoms with Crippen LogP contribution in [0.1, 0.15) is 5.56 Å². The van der Waals surface area contributed by atoms with Crippen LogP contribution in [0.5, 0.6) is 17.2 Å². The molecule has 0 saturated heterocycles. The predicted molar refractivity (Wildman–Crippen MR) is 112 cm³/mol. The average Bonchev–Trinajstić information content (AvgIpc) is 2.74. The zero-order valence-electron chi connectivity index (χ0n) is 15.2. The van der Waals surface area contributed by atoms with Gasteiger partial charge in [0.05, 0.1) is 15.6 Å². The molecule has 3 aromatic rings. The van der Waals surface area contributed by atoms with Gasteiger partial charge >= 0.3 is 0 Å². The standard InChI is InChI=1S/C20H14BrN3O6/c21-15-8-14(24(27)28)5-13(19(15)25)9-22-23-20(26)18-10-29-16-6-11-3-1-2-4-12(11)7-17(16)30-18/h1-9,18,25H,10H2,(H,23,26)/t18-/m0/s1. The summed E-state index contributed by atoms with van der Waals surface area (Å²) in [5.41, 5.74) is 2.12. The Kier molecular flexibility index (Phi) is 5.23. The van der Waals surface area contributed by atoms with E-state index in [4.69, 9.17) is 9.47 Å². The maximum atomic E-state index is 12.4. The van der Waals surface area contributed by atoms with Gasteiger partial charge in [0.25, 0.3) is 11.6 Å². The quantitative estimate of drug-likeness (QED) is 0.341. The van der Waals surface area contributed by atoms with E-state index < -0.39 is 16.9 Å². The van der Waals surface area contributed by atoms with E-state index in [2.05, 4.69) is 26.5 Å². The Morgan fingerprint density at radius 3 is 2.63 bits per heavy atom. The lowest BCUT2D eigenvalue weighted by Crippen LogP contribution is -2.42. The Hall–Kier alpha value is -3.66. The van der Waals surface area contributed by atoms with Crippen molar-refractivity contribution in [3.63, 3.8) is 0 Å². The molecule has 1 amide bonds. The molecule has 0 aromatic heterocycles. The van der Waals surface area contributed by atoms with Crippen LogP contribution in [-0.2, 0) is 4.79 Å². The fraction of sp³-hybridized carbons (Fsp3) is 0.100. The second kappa shape index (κ2) is 7.99. The van der Waals surface area contributed by atoms with Gasteiger partial charge in [0, 0.05) is 17.7 Å². The number of hydrazone groups is 1. The van der Waals surface area contributed by atoms with Crippen LogP contribution in [0.25, 0.3) is 10.8 Å². The molecule has 0 spiro atoms. The second-order valence-corrected chi connectivity index (χ2v) is 7.27. The van der Waals surface area contributed by atoms with Crippen LogP contribution in [0.2, 0.25) is 0 Å². The molecule has 1 aliphatic rings. The molecule has 0 unspecified atom stereocenters. The minimum Gasteiger partial charge on any atom is -0.506 e. The van der Waals surface area contributed by atoms with E-state index >= 15 is 0 Å². The number of aromatic hydroxyl groups is 1. The van der Waals surface area contributed by atoms with Crippen molar-refractivity contribution in [2.24, 2.45) is 5.10 Å². The number of nitro groups is 1. The number of hydrogen-bond donors (Lipinski definition) is 2. The van der Waals surface area contributed by atoms with Crippen molar-refractivity contribution in [1.82, 2.24) is 5.43 Å². The fourth-order valence-electron chi connectivity index (χ4n) is 2.93. The molecular weight excluding hydrogens is 458 g/mol. The van der Waals surface area contributed by atoms with E-state index in [1.54, 1.807) is 6.07 Å². The molecule has 0 bridgehead atoms. The number of ether oxygens (including phenoxy) is 2. The monoisotopic (exact) mass is 471 g/mol. The first kappa shape index (κ1) is 19.6. The van der Waals surface area contributed by atoms with Crippen molar-refractivity contribution in [3.05, 3.63) is 68.7 Å². The van der Waals surface area contributed by atoms with Gasteiger partial charge in [-0.1, -0.05) is 24.3 Å². The number of hydrogen-bond acceptors (Lipinski definition) is 7.